The zero-order valence-corrected chi connectivity index (χ0v) is 18.9. The molecule has 0 saturated carbocycles. The van der Waals surface area contributed by atoms with Gasteiger partial charge in [-0.25, -0.2) is 9.34 Å². The molecule has 4 heteroatoms. The first kappa shape index (κ1) is 24.3. The molecule has 24 heavy (non-hydrogen) atoms. The van der Waals surface area contributed by atoms with Gasteiger partial charge in [0, 0.05) is 24.2 Å². The highest BCUT2D eigenvalue weighted by atomic mass is 31.2. The van der Waals surface area contributed by atoms with Gasteiger partial charge in [0.15, 0.2) is 8.45 Å². The van der Waals surface area contributed by atoms with Crippen LogP contribution in [-0.2, 0) is 4.52 Å². The van der Waals surface area contributed by atoms with Crippen LogP contribution in [0.5, 0.6) is 0 Å². The molecule has 0 heterocycles. The van der Waals surface area contributed by atoms with Crippen molar-refractivity contribution in [1.82, 2.24) is 9.34 Å². The first-order chi connectivity index (χ1) is 11.2. The van der Waals surface area contributed by atoms with Crippen LogP contribution < -0.4 is 0 Å². The normalized spacial score (nSPS) is 13.0. The van der Waals surface area contributed by atoms with E-state index in [1.165, 1.54) is 38.5 Å². The molecule has 0 aromatic heterocycles. The Labute approximate surface area is 154 Å². The standard InChI is InChI=1S/C20H45N2OP/c1-10-11-12-13-14-15-16-23-24(21(17(2)3)18(4)5)22(19(6)7)20(8)9/h17-20H,10-16H2,1-9H3. The van der Waals surface area contributed by atoms with Crippen LogP contribution in [-0.4, -0.2) is 40.1 Å². The second kappa shape index (κ2) is 13.5. The largest absolute Gasteiger partial charge is 0.331 e. The predicted octanol–water partition coefficient (Wildman–Crippen LogP) is 6.83. The van der Waals surface area contributed by atoms with Crippen molar-refractivity contribution in [3.8, 4) is 0 Å². The van der Waals surface area contributed by atoms with Crippen molar-refractivity contribution < 1.29 is 4.52 Å². The maximum Gasteiger partial charge on any atom is 0.188 e. The van der Waals surface area contributed by atoms with E-state index in [1.54, 1.807) is 0 Å². The quantitative estimate of drug-likeness (QED) is 0.249. The third-order valence-corrected chi connectivity index (χ3v) is 7.27. The molecule has 0 fully saturated rings. The van der Waals surface area contributed by atoms with E-state index < -0.39 is 8.45 Å². The lowest BCUT2D eigenvalue weighted by molar-refractivity contribution is 0.184. The topological polar surface area (TPSA) is 15.7 Å². The summed E-state index contributed by atoms with van der Waals surface area (Å²) < 4.78 is 11.7. The Bertz CT molecular complexity index is 259. The zero-order valence-electron chi connectivity index (χ0n) is 18.0. The molecule has 0 aromatic carbocycles. The number of hydrogen-bond donors (Lipinski definition) is 0. The van der Waals surface area contributed by atoms with Crippen LogP contribution in [0.2, 0.25) is 0 Å². The van der Waals surface area contributed by atoms with E-state index in [0.717, 1.165) is 6.61 Å². The molecule has 3 nitrogen and oxygen atoms in total. The summed E-state index contributed by atoms with van der Waals surface area (Å²) in [4.78, 5) is 0. The first-order valence-corrected chi connectivity index (χ1v) is 11.4. The van der Waals surface area contributed by atoms with Crippen molar-refractivity contribution >= 4 is 8.45 Å². The Hall–Kier alpha value is 0.310. The summed E-state index contributed by atoms with van der Waals surface area (Å²) in [5.74, 6) is 0. The summed E-state index contributed by atoms with van der Waals surface area (Å²) in [5, 5.41) is 0. The number of nitrogens with zero attached hydrogens (tertiary/aromatic N) is 2. The molecule has 0 aliphatic heterocycles. The third kappa shape index (κ3) is 9.13. The van der Waals surface area contributed by atoms with Crippen molar-refractivity contribution in [3.05, 3.63) is 0 Å². The van der Waals surface area contributed by atoms with Crippen LogP contribution in [0, 0.1) is 0 Å². The first-order valence-electron chi connectivity index (χ1n) is 10.2. The molecule has 0 N–H and O–H groups in total. The Morgan fingerprint density at radius 3 is 1.38 bits per heavy atom. The zero-order chi connectivity index (χ0) is 18.7. The fraction of sp³-hybridized carbons (Fsp3) is 1.00. The molecular formula is C20H45N2OP. The molecule has 0 rings (SSSR count). The maximum atomic E-state index is 6.53. The van der Waals surface area contributed by atoms with E-state index >= 15 is 0 Å². The molecule has 0 radical (unpaired) electrons. The van der Waals surface area contributed by atoms with Crippen molar-refractivity contribution in [3.63, 3.8) is 0 Å². The van der Waals surface area contributed by atoms with E-state index in [9.17, 15) is 0 Å². The fourth-order valence-corrected chi connectivity index (χ4v) is 5.64. The molecule has 0 atom stereocenters. The molecule has 0 amide bonds. The summed E-state index contributed by atoms with van der Waals surface area (Å²) >= 11 is 0. The third-order valence-electron chi connectivity index (χ3n) is 4.22. The predicted molar refractivity (Wildman–Crippen MR) is 110 cm³/mol. The molecular weight excluding hydrogens is 315 g/mol. The van der Waals surface area contributed by atoms with Gasteiger partial charge in [-0.2, -0.15) is 0 Å². The summed E-state index contributed by atoms with van der Waals surface area (Å²) in [6.45, 7) is 21.5. The van der Waals surface area contributed by atoms with Gasteiger partial charge in [0.2, 0.25) is 0 Å². The van der Waals surface area contributed by atoms with Gasteiger partial charge in [0.1, 0.15) is 0 Å². The van der Waals surface area contributed by atoms with Gasteiger partial charge in [-0.1, -0.05) is 39.0 Å². The highest BCUT2D eigenvalue weighted by Gasteiger charge is 2.34. The highest BCUT2D eigenvalue weighted by molar-refractivity contribution is 7.47. The molecule has 146 valence electrons. The van der Waals surface area contributed by atoms with Gasteiger partial charge in [-0.05, 0) is 61.8 Å². The number of hydrogen-bond acceptors (Lipinski definition) is 3. The van der Waals surface area contributed by atoms with Crippen LogP contribution in [0.25, 0.3) is 0 Å². The van der Waals surface area contributed by atoms with E-state index in [2.05, 4.69) is 71.7 Å². The van der Waals surface area contributed by atoms with Crippen molar-refractivity contribution in [2.24, 2.45) is 0 Å². The smallest absolute Gasteiger partial charge is 0.188 e. The molecule has 0 bridgehead atoms. The Balaban J connectivity index is 4.80. The molecule has 0 spiro atoms. The number of unbranched alkanes of at least 4 members (excludes halogenated alkanes) is 5. The van der Waals surface area contributed by atoms with Crippen molar-refractivity contribution in [2.45, 2.75) is 125 Å². The Kier molecular flexibility index (Phi) is 13.7. The minimum absolute atomic E-state index is 0.501. The van der Waals surface area contributed by atoms with Crippen molar-refractivity contribution in [1.29, 1.82) is 0 Å². The minimum Gasteiger partial charge on any atom is -0.331 e. The fourth-order valence-electron chi connectivity index (χ4n) is 3.26. The second-order valence-corrected chi connectivity index (χ2v) is 9.68. The van der Waals surface area contributed by atoms with Crippen LogP contribution in [0.15, 0.2) is 0 Å². The Morgan fingerprint density at radius 1 is 0.625 bits per heavy atom. The lowest BCUT2D eigenvalue weighted by atomic mass is 10.1. The van der Waals surface area contributed by atoms with Crippen LogP contribution in [0.4, 0.5) is 0 Å². The van der Waals surface area contributed by atoms with Crippen LogP contribution in [0.1, 0.15) is 101 Å². The van der Waals surface area contributed by atoms with Crippen molar-refractivity contribution in [2.75, 3.05) is 6.61 Å². The lowest BCUT2D eigenvalue weighted by Gasteiger charge is -2.45. The molecule has 0 saturated heterocycles. The molecule has 0 aromatic rings. The SMILES string of the molecule is CCCCCCCCOP(N(C(C)C)C(C)C)N(C(C)C)C(C)C. The van der Waals surface area contributed by atoms with Gasteiger partial charge in [-0.3, -0.25) is 0 Å². The van der Waals surface area contributed by atoms with E-state index in [4.69, 9.17) is 4.52 Å². The summed E-state index contributed by atoms with van der Waals surface area (Å²) in [7, 11) is -0.706. The highest BCUT2D eigenvalue weighted by Crippen LogP contribution is 2.50. The van der Waals surface area contributed by atoms with E-state index in [0.29, 0.717) is 24.2 Å². The maximum absolute atomic E-state index is 6.53. The average molecular weight is 361 g/mol. The molecule has 0 aliphatic carbocycles. The number of rotatable bonds is 14. The Morgan fingerprint density at radius 2 is 1.00 bits per heavy atom. The summed E-state index contributed by atoms with van der Waals surface area (Å²) in [6.07, 6.45) is 7.91. The lowest BCUT2D eigenvalue weighted by Crippen LogP contribution is -2.43. The molecule has 0 unspecified atom stereocenters. The van der Waals surface area contributed by atoms with Crippen LogP contribution in [0.3, 0.4) is 0 Å². The van der Waals surface area contributed by atoms with Gasteiger partial charge >= 0.3 is 0 Å². The summed E-state index contributed by atoms with van der Waals surface area (Å²) in [6, 6.07) is 2.00. The minimum atomic E-state index is -0.706. The second-order valence-electron chi connectivity index (χ2n) is 7.99. The van der Waals surface area contributed by atoms with Gasteiger partial charge < -0.3 is 4.52 Å². The van der Waals surface area contributed by atoms with E-state index in [1.807, 2.05) is 0 Å². The average Bonchev–Trinajstić information content (AvgIpc) is 2.44. The van der Waals surface area contributed by atoms with Gasteiger partial charge in [0.05, 0.1) is 6.61 Å². The van der Waals surface area contributed by atoms with Gasteiger partial charge in [-0.15, -0.1) is 0 Å². The summed E-state index contributed by atoms with van der Waals surface area (Å²) in [5.41, 5.74) is 0. The molecule has 0 aliphatic rings. The van der Waals surface area contributed by atoms with Crippen LogP contribution >= 0.6 is 8.45 Å². The monoisotopic (exact) mass is 360 g/mol. The van der Waals surface area contributed by atoms with E-state index in [-0.39, 0.29) is 0 Å². The van der Waals surface area contributed by atoms with Gasteiger partial charge in [0.25, 0.3) is 0 Å².